The van der Waals surface area contributed by atoms with Crippen molar-refractivity contribution in [3.05, 3.63) is 28.8 Å². The lowest BCUT2D eigenvalue weighted by Crippen LogP contribution is -2.20. The van der Waals surface area contributed by atoms with E-state index in [1.165, 1.54) is 0 Å². The van der Waals surface area contributed by atoms with E-state index in [0.29, 0.717) is 10.7 Å². The van der Waals surface area contributed by atoms with Gasteiger partial charge in [-0.2, -0.15) is 0 Å². The van der Waals surface area contributed by atoms with Gasteiger partial charge in [-0.1, -0.05) is 11.6 Å². The van der Waals surface area contributed by atoms with Crippen molar-refractivity contribution in [1.29, 1.82) is 0 Å². The minimum Gasteiger partial charge on any atom is -0.325 e. The van der Waals surface area contributed by atoms with E-state index < -0.39 is 5.38 Å². The van der Waals surface area contributed by atoms with Gasteiger partial charge < -0.3 is 5.32 Å². The highest BCUT2D eigenvalue weighted by Crippen LogP contribution is 2.19. The standard InChI is InChI=1S/C10H11Cl2NO/c1-6-5-8(3-4-9(6)12)13-10(14)7(2)11/h3-5,7H,1-2H3,(H,13,14). The number of halogens is 2. The third-order valence-electron chi connectivity index (χ3n) is 1.79. The third-order valence-corrected chi connectivity index (χ3v) is 2.41. The Morgan fingerprint density at radius 3 is 2.64 bits per heavy atom. The second kappa shape index (κ2) is 4.67. The number of carbonyl (C=O) groups excluding carboxylic acids is 1. The maximum atomic E-state index is 11.2. The quantitative estimate of drug-likeness (QED) is 0.779. The first-order valence-corrected chi connectivity index (χ1v) is 5.03. The predicted molar refractivity (Wildman–Crippen MR) is 60.1 cm³/mol. The molecule has 1 N–H and O–H groups in total. The fourth-order valence-electron chi connectivity index (χ4n) is 0.964. The van der Waals surface area contributed by atoms with E-state index in [9.17, 15) is 4.79 Å². The molecule has 1 aromatic rings. The van der Waals surface area contributed by atoms with Gasteiger partial charge in [0.1, 0.15) is 5.38 Å². The van der Waals surface area contributed by atoms with E-state index in [4.69, 9.17) is 23.2 Å². The summed E-state index contributed by atoms with van der Waals surface area (Å²) in [6, 6.07) is 5.29. The fourth-order valence-corrected chi connectivity index (χ4v) is 1.14. The van der Waals surface area contributed by atoms with Gasteiger partial charge in [-0.05, 0) is 37.6 Å². The van der Waals surface area contributed by atoms with Crippen molar-refractivity contribution in [3.8, 4) is 0 Å². The normalized spacial score (nSPS) is 12.3. The molecule has 0 aliphatic heterocycles. The van der Waals surface area contributed by atoms with Crippen LogP contribution < -0.4 is 5.32 Å². The molecule has 0 aliphatic carbocycles. The molecule has 0 saturated heterocycles. The van der Waals surface area contributed by atoms with Crippen LogP contribution in [-0.2, 0) is 4.79 Å². The number of alkyl halides is 1. The number of hydrogen-bond acceptors (Lipinski definition) is 1. The Morgan fingerprint density at radius 2 is 2.14 bits per heavy atom. The molecular weight excluding hydrogens is 221 g/mol. The molecule has 0 radical (unpaired) electrons. The van der Waals surface area contributed by atoms with Crippen LogP contribution in [0.4, 0.5) is 5.69 Å². The van der Waals surface area contributed by atoms with Crippen LogP contribution in [0.3, 0.4) is 0 Å². The largest absolute Gasteiger partial charge is 0.325 e. The number of amides is 1. The van der Waals surface area contributed by atoms with Crippen molar-refractivity contribution < 1.29 is 4.79 Å². The lowest BCUT2D eigenvalue weighted by atomic mass is 10.2. The molecule has 0 bridgehead atoms. The molecular formula is C10H11Cl2NO. The van der Waals surface area contributed by atoms with E-state index in [-0.39, 0.29) is 5.91 Å². The summed E-state index contributed by atoms with van der Waals surface area (Å²) in [7, 11) is 0. The van der Waals surface area contributed by atoms with Crippen LogP contribution in [0.2, 0.25) is 5.02 Å². The summed E-state index contributed by atoms with van der Waals surface area (Å²) in [5.74, 6) is -0.214. The van der Waals surface area contributed by atoms with Gasteiger partial charge in [-0.3, -0.25) is 4.79 Å². The van der Waals surface area contributed by atoms with Crippen LogP contribution >= 0.6 is 23.2 Å². The van der Waals surface area contributed by atoms with E-state index in [2.05, 4.69) is 5.32 Å². The molecule has 0 fully saturated rings. The molecule has 0 aliphatic rings. The lowest BCUT2D eigenvalue weighted by Gasteiger charge is -2.07. The van der Waals surface area contributed by atoms with Crippen LogP contribution in [-0.4, -0.2) is 11.3 Å². The van der Waals surface area contributed by atoms with Gasteiger partial charge in [-0.25, -0.2) is 0 Å². The zero-order chi connectivity index (χ0) is 10.7. The summed E-state index contributed by atoms with van der Waals surface area (Å²) in [6.45, 7) is 3.50. The first-order valence-electron chi connectivity index (χ1n) is 4.22. The summed E-state index contributed by atoms with van der Waals surface area (Å²) < 4.78 is 0. The third kappa shape index (κ3) is 2.89. The minimum atomic E-state index is -0.536. The van der Waals surface area contributed by atoms with Gasteiger partial charge in [0.15, 0.2) is 0 Å². The molecule has 1 rings (SSSR count). The van der Waals surface area contributed by atoms with Crippen LogP contribution in [0.15, 0.2) is 18.2 Å². The van der Waals surface area contributed by atoms with Gasteiger partial charge in [-0.15, -0.1) is 11.6 Å². The van der Waals surface area contributed by atoms with Gasteiger partial charge in [0.05, 0.1) is 0 Å². The Morgan fingerprint density at radius 1 is 1.50 bits per heavy atom. The highest BCUT2D eigenvalue weighted by molar-refractivity contribution is 6.32. The molecule has 14 heavy (non-hydrogen) atoms. The van der Waals surface area contributed by atoms with Crippen LogP contribution in [0.25, 0.3) is 0 Å². The Hall–Kier alpha value is -0.730. The molecule has 1 amide bonds. The Kier molecular flexibility index (Phi) is 3.78. The maximum absolute atomic E-state index is 11.2. The second-order valence-electron chi connectivity index (χ2n) is 3.07. The molecule has 1 unspecified atom stereocenters. The first-order chi connectivity index (χ1) is 6.50. The number of benzene rings is 1. The molecule has 4 heteroatoms. The van der Waals surface area contributed by atoms with E-state index in [0.717, 1.165) is 5.56 Å². The first kappa shape index (κ1) is 11.3. The number of anilines is 1. The average Bonchev–Trinajstić information content (AvgIpc) is 2.11. The number of aryl methyl sites for hydroxylation is 1. The van der Waals surface area contributed by atoms with Crippen molar-refractivity contribution in [2.75, 3.05) is 5.32 Å². The summed E-state index contributed by atoms with van der Waals surface area (Å²) in [4.78, 5) is 11.2. The monoisotopic (exact) mass is 231 g/mol. The average molecular weight is 232 g/mol. The van der Waals surface area contributed by atoms with Crippen molar-refractivity contribution in [1.82, 2.24) is 0 Å². The zero-order valence-electron chi connectivity index (χ0n) is 7.97. The van der Waals surface area contributed by atoms with Crippen molar-refractivity contribution in [3.63, 3.8) is 0 Å². The minimum absolute atomic E-state index is 0.214. The van der Waals surface area contributed by atoms with Crippen LogP contribution in [0, 0.1) is 6.92 Å². The molecule has 1 aromatic carbocycles. The van der Waals surface area contributed by atoms with Crippen LogP contribution in [0.5, 0.6) is 0 Å². The molecule has 0 aromatic heterocycles. The summed E-state index contributed by atoms with van der Waals surface area (Å²) in [6.07, 6.45) is 0. The molecule has 0 spiro atoms. The SMILES string of the molecule is Cc1cc(NC(=O)C(C)Cl)ccc1Cl. The zero-order valence-corrected chi connectivity index (χ0v) is 9.49. The summed E-state index contributed by atoms with van der Waals surface area (Å²) in [5.41, 5.74) is 1.64. The fraction of sp³-hybridized carbons (Fsp3) is 0.300. The number of nitrogens with one attached hydrogen (secondary N) is 1. The number of carbonyl (C=O) groups is 1. The number of rotatable bonds is 2. The van der Waals surface area contributed by atoms with Crippen molar-refractivity contribution >= 4 is 34.8 Å². The predicted octanol–water partition coefficient (Wildman–Crippen LogP) is 3.21. The summed E-state index contributed by atoms with van der Waals surface area (Å²) >= 11 is 11.5. The lowest BCUT2D eigenvalue weighted by molar-refractivity contribution is -0.115. The van der Waals surface area contributed by atoms with E-state index >= 15 is 0 Å². The molecule has 1 atom stereocenters. The van der Waals surface area contributed by atoms with Gasteiger partial charge in [0.2, 0.25) is 5.91 Å². The Bertz CT molecular complexity index is 350. The maximum Gasteiger partial charge on any atom is 0.242 e. The van der Waals surface area contributed by atoms with Gasteiger partial charge in [0.25, 0.3) is 0 Å². The van der Waals surface area contributed by atoms with E-state index in [1.807, 2.05) is 6.92 Å². The van der Waals surface area contributed by atoms with Gasteiger partial charge >= 0.3 is 0 Å². The Balaban J connectivity index is 2.78. The highest BCUT2D eigenvalue weighted by Gasteiger charge is 2.09. The molecule has 0 saturated carbocycles. The topological polar surface area (TPSA) is 29.1 Å². The molecule has 0 heterocycles. The Labute approximate surface area is 93.2 Å². The van der Waals surface area contributed by atoms with Crippen LogP contribution in [0.1, 0.15) is 12.5 Å². The number of hydrogen-bond donors (Lipinski definition) is 1. The summed E-state index contributed by atoms with van der Waals surface area (Å²) in [5, 5.41) is 2.83. The molecule has 2 nitrogen and oxygen atoms in total. The highest BCUT2D eigenvalue weighted by atomic mass is 35.5. The van der Waals surface area contributed by atoms with Crippen molar-refractivity contribution in [2.24, 2.45) is 0 Å². The van der Waals surface area contributed by atoms with E-state index in [1.54, 1.807) is 25.1 Å². The smallest absolute Gasteiger partial charge is 0.242 e. The van der Waals surface area contributed by atoms with Gasteiger partial charge in [0, 0.05) is 10.7 Å². The second-order valence-corrected chi connectivity index (χ2v) is 4.13. The molecule has 76 valence electrons. The van der Waals surface area contributed by atoms with Crippen molar-refractivity contribution in [2.45, 2.75) is 19.2 Å².